The van der Waals surface area contributed by atoms with Crippen LogP contribution in [0.4, 0.5) is 0 Å². The molecular weight excluding hydrogens is 372 g/mol. The van der Waals surface area contributed by atoms with E-state index >= 15 is 0 Å². The topological polar surface area (TPSA) is 92.1 Å². The molecule has 0 bridgehead atoms. The van der Waals surface area contributed by atoms with Crippen molar-refractivity contribution in [3.8, 4) is 28.3 Å². The van der Waals surface area contributed by atoms with Crippen molar-refractivity contribution in [3.05, 3.63) is 76.6 Å². The van der Waals surface area contributed by atoms with E-state index in [2.05, 4.69) is 16.0 Å². The van der Waals surface area contributed by atoms with Crippen molar-refractivity contribution in [1.29, 1.82) is 5.26 Å². The quantitative estimate of drug-likeness (QED) is 0.739. The molecular formula is C22H15ClN4O. The maximum atomic E-state index is 12.1. The number of hydrogen-bond acceptors (Lipinski definition) is 5. The minimum absolute atomic E-state index is 0.0109. The average molecular weight is 387 g/mol. The molecule has 0 radical (unpaired) electrons. The Bertz CT molecular complexity index is 1180. The van der Waals surface area contributed by atoms with Gasteiger partial charge in [0.1, 0.15) is 6.54 Å². The zero-order valence-corrected chi connectivity index (χ0v) is 15.6. The molecule has 0 atom stereocenters. The van der Waals surface area contributed by atoms with Crippen molar-refractivity contribution in [2.24, 2.45) is 10.7 Å². The molecule has 28 heavy (non-hydrogen) atoms. The lowest BCUT2D eigenvalue weighted by Crippen LogP contribution is -2.24. The number of aromatic nitrogens is 1. The van der Waals surface area contributed by atoms with Crippen LogP contribution in [0.15, 0.2) is 59.9 Å². The van der Waals surface area contributed by atoms with Gasteiger partial charge in [-0.1, -0.05) is 23.7 Å². The number of aliphatic imine (C=N–C) groups is 1. The molecule has 2 heterocycles. The Kier molecular flexibility index (Phi) is 4.74. The van der Waals surface area contributed by atoms with E-state index in [0.29, 0.717) is 16.1 Å². The second-order valence-electron chi connectivity index (χ2n) is 6.41. The first-order valence-corrected chi connectivity index (χ1v) is 9.05. The van der Waals surface area contributed by atoms with E-state index in [1.807, 2.05) is 24.3 Å². The second kappa shape index (κ2) is 7.35. The van der Waals surface area contributed by atoms with Gasteiger partial charge in [0, 0.05) is 51.8 Å². The van der Waals surface area contributed by atoms with Gasteiger partial charge in [-0.05, 0) is 35.9 Å². The molecule has 1 aliphatic rings. The van der Waals surface area contributed by atoms with Crippen LogP contribution >= 0.6 is 11.6 Å². The summed E-state index contributed by atoms with van der Waals surface area (Å²) in [6.07, 6.45) is 3.44. The Morgan fingerprint density at radius 3 is 2.61 bits per heavy atom. The largest absolute Gasteiger partial charge is 0.325 e. The summed E-state index contributed by atoms with van der Waals surface area (Å²) >= 11 is 6.12. The third-order valence-corrected chi connectivity index (χ3v) is 4.96. The monoisotopic (exact) mass is 386 g/mol. The van der Waals surface area contributed by atoms with Crippen LogP contribution in [0, 0.1) is 11.3 Å². The molecule has 6 heteroatoms. The summed E-state index contributed by atoms with van der Waals surface area (Å²) in [5.41, 5.74) is 11.7. The van der Waals surface area contributed by atoms with Crippen LogP contribution in [-0.4, -0.2) is 29.6 Å². The van der Waals surface area contributed by atoms with Gasteiger partial charge in [0.2, 0.25) is 0 Å². The molecule has 2 N–H and O–H groups in total. The number of carbonyl (C=O) groups is 1. The fourth-order valence-electron chi connectivity index (χ4n) is 3.32. The van der Waals surface area contributed by atoms with E-state index in [0.717, 1.165) is 33.5 Å². The SMILES string of the molecule is N#Cc1ccc(Cl)cc1-c1cncc(-c2ccc3c(c2)C(CN)=NCC3=O)c1. The van der Waals surface area contributed by atoms with Crippen molar-refractivity contribution >= 4 is 23.1 Å². The zero-order chi connectivity index (χ0) is 19.7. The molecule has 0 saturated carbocycles. The Labute approximate surface area is 167 Å². The second-order valence-corrected chi connectivity index (χ2v) is 6.85. The van der Waals surface area contributed by atoms with Crippen molar-refractivity contribution in [3.63, 3.8) is 0 Å². The average Bonchev–Trinajstić information content (AvgIpc) is 2.74. The lowest BCUT2D eigenvalue weighted by molar-refractivity contribution is 0.1000. The number of benzene rings is 2. The van der Waals surface area contributed by atoms with Crippen molar-refractivity contribution in [1.82, 2.24) is 4.98 Å². The number of nitrogens with two attached hydrogens (primary N) is 1. The molecule has 4 rings (SSSR count). The van der Waals surface area contributed by atoms with Crippen molar-refractivity contribution in [2.45, 2.75) is 0 Å². The highest BCUT2D eigenvalue weighted by molar-refractivity contribution is 6.31. The maximum Gasteiger partial charge on any atom is 0.184 e. The molecule has 5 nitrogen and oxygen atoms in total. The molecule has 0 fully saturated rings. The summed E-state index contributed by atoms with van der Waals surface area (Å²) in [5, 5.41) is 9.95. The van der Waals surface area contributed by atoms with Crippen LogP contribution in [0.25, 0.3) is 22.3 Å². The van der Waals surface area contributed by atoms with E-state index in [1.54, 1.807) is 30.6 Å². The highest BCUT2D eigenvalue weighted by Crippen LogP contribution is 2.31. The minimum Gasteiger partial charge on any atom is -0.325 e. The third-order valence-electron chi connectivity index (χ3n) is 4.72. The van der Waals surface area contributed by atoms with E-state index < -0.39 is 0 Å². The van der Waals surface area contributed by atoms with Gasteiger partial charge in [-0.3, -0.25) is 14.8 Å². The third kappa shape index (κ3) is 3.20. The van der Waals surface area contributed by atoms with Crippen LogP contribution < -0.4 is 5.73 Å². The number of hydrogen-bond donors (Lipinski definition) is 1. The fourth-order valence-corrected chi connectivity index (χ4v) is 3.49. The highest BCUT2D eigenvalue weighted by atomic mass is 35.5. The first kappa shape index (κ1) is 18.1. The van der Waals surface area contributed by atoms with Gasteiger partial charge in [0.15, 0.2) is 5.78 Å². The molecule has 0 saturated heterocycles. The first-order valence-electron chi connectivity index (χ1n) is 8.67. The number of halogens is 1. The van der Waals surface area contributed by atoms with Crippen LogP contribution in [-0.2, 0) is 0 Å². The molecule has 0 unspecified atom stereocenters. The fraction of sp³-hybridized carbons (Fsp3) is 0.0909. The number of fused-ring (bicyclic) bond motifs is 1. The number of pyridine rings is 1. The van der Waals surface area contributed by atoms with Gasteiger partial charge in [-0.25, -0.2) is 0 Å². The van der Waals surface area contributed by atoms with E-state index in [1.165, 1.54) is 0 Å². The van der Waals surface area contributed by atoms with Crippen LogP contribution in [0.3, 0.4) is 0 Å². The first-order chi connectivity index (χ1) is 13.6. The molecule has 0 spiro atoms. The molecule has 0 aliphatic carbocycles. The Hall–Kier alpha value is -3.33. The number of ketones is 1. The summed E-state index contributed by atoms with van der Waals surface area (Å²) in [4.78, 5) is 20.7. The Morgan fingerprint density at radius 2 is 1.82 bits per heavy atom. The lowest BCUT2D eigenvalue weighted by atomic mass is 9.92. The Balaban J connectivity index is 1.82. The number of nitrogens with zero attached hydrogens (tertiary/aromatic N) is 3. The minimum atomic E-state index is -0.0109. The maximum absolute atomic E-state index is 12.1. The number of carbonyl (C=O) groups excluding carboxylic acids is 1. The normalized spacial score (nSPS) is 12.9. The zero-order valence-electron chi connectivity index (χ0n) is 14.8. The summed E-state index contributed by atoms with van der Waals surface area (Å²) in [6, 6.07) is 14.9. The highest BCUT2D eigenvalue weighted by Gasteiger charge is 2.20. The summed E-state index contributed by atoms with van der Waals surface area (Å²) in [5.74, 6) is -0.0109. The van der Waals surface area contributed by atoms with Gasteiger partial charge in [0.25, 0.3) is 0 Å². The van der Waals surface area contributed by atoms with Crippen LogP contribution in [0.2, 0.25) is 5.02 Å². The van der Waals surface area contributed by atoms with E-state index in [-0.39, 0.29) is 18.9 Å². The van der Waals surface area contributed by atoms with Gasteiger partial charge in [-0.2, -0.15) is 5.26 Å². The smallest absolute Gasteiger partial charge is 0.184 e. The molecule has 136 valence electrons. The summed E-state index contributed by atoms with van der Waals surface area (Å²) < 4.78 is 0. The van der Waals surface area contributed by atoms with Gasteiger partial charge >= 0.3 is 0 Å². The van der Waals surface area contributed by atoms with E-state index in [9.17, 15) is 10.1 Å². The van der Waals surface area contributed by atoms with Gasteiger partial charge < -0.3 is 5.73 Å². The van der Waals surface area contributed by atoms with E-state index in [4.69, 9.17) is 17.3 Å². The predicted octanol–water partition coefficient (Wildman–Crippen LogP) is 3.88. The standard InChI is InChI=1S/C22H15ClN4O/c23-17-3-1-14(8-24)19(7-17)16-5-15(10-26-11-16)13-2-4-18-20(6-13)21(9-25)27-12-22(18)28/h1-7,10-11H,9,12,25H2. The van der Waals surface area contributed by atoms with Crippen LogP contribution in [0.1, 0.15) is 21.5 Å². The molecule has 1 aromatic heterocycles. The lowest BCUT2D eigenvalue weighted by Gasteiger charge is -2.16. The predicted molar refractivity (Wildman–Crippen MR) is 110 cm³/mol. The summed E-state index contributed by atoms with van der Waals surface area (Å²) in [7, 11) is 0. The number of Topliss-reactive ketones (excluding diaryl/α,β-unsaturated/α-hetero) is 1. The molecule has 0 amide bonds. The molecule has 1 aliphatic heterocycles. The van der Waals surface area contributed by atoms with Gasteiger partial charge in [-0.15, -0.1) is 0 Å². The van der Waals surface area contributed by atoms with Crippen molar-refractivity contribution in [2.75, 3.05) is 13.1 Å². The number of nitriles is 1. The number of rotatable bonds is 3. The molecule has 3 aromatic rings. The van der Waals surface area contributed by atoms with Gasteiger partial charge in [0.05, 0.1) is 17.3 Å². The van der Waals surface area contributed by atoms with Crippen LogP contribution in [0.5, 0.6) is 0 Å². The molecule has 2 aromatic carbocycles. The summed E-state index contributed by atoms with van der Waals surface area (Å²) in [6.45, 7) is 0.414. The Morgan fingerprint density at radius 1 is 1.00 bits per heavy atom. The van der Waals surface area contributed by atoms with Crippen molar-refractivity contribution < 1.29 is 4.79 Å².